The molecule has 2 aliphatic heterocycles. The van der Waals surface area contributed by atoms with Crippen LogP contribution in [0.15, 0.2) is 85.3 Å². The van der Waals surface area contributed by atoms with Crippen LogP contribution in [-0.4, -0.2) is 64.2 Å². The molecule has 2 aromatic heterocycles. The van der Waals surface area contributed by atoms with Gasteiger partial charge in [0.2, 0.25) is 0 Å². The number of benzene rings is 4. The Hall–Kier alpha value is -5.68. The van der Waals surface area contributed by atoms with E-state index < -0.39 is 12.1 Å². The molecule has 48 heavy (non-hydrogen) atoms. The number of H-pyrrole nitrogens is 2. The van der Waals surface area contributed by atoms with Crippen molar-refractivity contribution in [2.75, 3.05) is 27.4 Å². The highest BCUT2D eigenvalue weighted by Crippen LogP contribution is 2.43. The maximum absolute atomic E-state index is 14.2. The zero-order valence-corrected chi connectivity index (χ0v) is 26.5. The number of methoxy groups -OCH3 is 2. The van der Waals surface area contributed by atoms with E-state index in [2.05, 4.69) is 62.7 Å². The van der Waals surface area contributed by atoms with Crippen LogP contribution >= 0.6 is 0 Å². The maximum Gasteiger partial charge on any atom is 0.407 e. The van der Waals surface area contributed by atoms with E-state index in [-0.39, 0.29) is 17.9 Å². The third-order valence-electron chi connectivity index (χ3n) is 9.41. The second kappa shape index (κ2) is 12.2. The van der Waals surface area contributed by atoms with E-state index in [1.807, 2.05) is 36.5 Å². The predicted octanol–water partition coefficient (Wildman–Crippen LogP) is 6.30. The minimum atomic E-state index is -0.914. The summed E-state index contributed by atoms with van der Waals surface area (Å²) >= 11 is 0. The molecule has 0 radical (unpaired) electrons. The normalized spacial score (nSPS) is 17.5. The van der Waals surface area contributed by atoms with Gasteiger partial charge in [-0.1, -0.05) is 48.5 Å². The highest BCUT2D eigenvalue weighted by molar-refractivity contribution is 6.06. The lowest BCUT2D eigenvalue weighted by molar-refractivity contribution is -0.134. The zero-order valence-electron chi connectivity index (χ0n) is 26.5. The molecule has 1 saturated heterocycles. The number of carbonyl (C=O) groups excluding carboxylic acids is 2. The van der Waals surface area contributed by atoms with Gasteiger partial charge in [0.1, 0.15) is 24.2 Å². The summed E-state index contributed by atoms with van der Waals surface area (Å²) < 4.78 is 16.6. The van der Waals surface area contributed by atoms with E-state index in [4.69, 9.17) is 19.2 Å². The van der Waals surface area contributed by atoms with E-state index in [9.17, 15) is 9.59 Å². The minimum Gasteiger partial charge on any atom is -0.488 e. The topological polar surface area (TPSA) is 134 Å². The summed E-state index contributed by atoms with van der Waals surface area (Å²) in [6, 6.07) is 22.7. The van der Waals surface area contributed by atoms with E-state index in [0.717, 1.165) is 55.5 Å². The van der Waals surface area contributed by atoms with Crippen LogP contribution in [0.4, 0.5) is 4.79 Å². The molecule has 8 rings (SSSR count). The Balaban J connectivity index is 1.09. The average molecular weight is 643 g/mol. The predicted molar refractivity (Wildman–Crippen MR) is 180 cm³/mol. The van der Waals surface area contributed by atoms with E-state index >= 15 is 0 Å². The van der Waals surface area contributed by atoms with Crippen LogP contribution in [0.1, 0.15) is 35.5 Å². The first-order chi connectivity index (χ1) is 23.5. The van der Waals surface area contributed by atoms with Crippen LogP contribution in [0.5, 0.6) is 5.75 Å². The summed E-state index contributed by atoms with van der Waals surface area (Å²) in [5.74, 6) is 1.39. The molecular weight excluding hydrogens is 608 g/mol. The Labute approximate surface area is 276 Å². The van der Waals surface area contributed by atoms with Gasteiger partial charge in [0.25, 0.3) is 5.91 Å². The van der Waals surface area contributed by atoms with Crippen LogP contribution < -0.4 is 10.1 Å². The molecule has 1 fully saturated rings. The number of ether oxygens (including phenoxy) is 3. The molecule has 3 N–H and O–H groups in total. The van der Waals surface area contributed by atoms with Crippen molar-refractivity contribution in [3.05, 3.63) is 102 Å². The van der Waals surface area contributed by atoms with Gasteiger partial charge in [-0.25, -0.2) is 14.8 Å². The SMILES string of the molecule is COC[C@H]1C[C@@H](c2ncc(-c3ccc4c(c3)COc3cc5c(ccc6[nH]cnc65)cc3-4)[nH]2)N(C(=O)[C@H](NC(=O)OC)c2ccccc2)C1. The van der Waals surface area contributed by atoms with Gasteiger partial charge in [-0.3, -0.25) is 4.79 Å². The fourth-order valence-electron chi connectivity index (χ4n) is 7.10. The maximum atomic E-state index is 14.2. The molecule has 0 unspecified atom stereocenters. The highest BCUT2D eigenvalue weighted by atomic mass is 16.5. The van der Waals surface area contributed by atoms with Gasteiger partial charge < -0.3 is 34.4 Å². The Morgan fingerprint density at radius 2 is 1.92 bits per heavy atom. The number of hydrogen-bond donors (Lipinski definition) is 3. The number of likely N-dealkylation sites (tertiary alicyclic amines) is 1. The number of fused-ring (bicyclic) bond motifs is 6. The summed E-state index contributed by atoms with van der Waals surface area (Å²) in [5, 5.41) is 4.89. The number of alkyl carbamates (subject to hydrolysis) is 1. The standard InChI is InChI=1S/C37H34N6O5/c1-46-18-21-12-31(43(17-21)36(44)33(42-37(45)47-2)22-6-4-3-5-7-22)35-38-16-30(41-35)24-8-10-26-25(13-24)19-48-32-15-27-23(14-28(26)32)9-11-29-34(27)40-20-39-29/h3-11,13-16,20-21,31,33H,12,17-19H2,1-2H3,(H,38,41)(H,39,40)(H,42,45)/t21-,31-,33+/m0/s1. The first-order valence-corrected chi connectivity index (χ1v) is 15.9. The van der Waals surface area contributed by atoms with E-state index in [1.165, 1.54) is 7.11 Å². The quantitative estimate of drug-likeness (QED) is 0.186. The number of nitrogens with zero attached hydrogens (tertiary/aromatic N) is 3. The van der Waals surface area contributed by atoms with Crippen LogP contribution in [0.25, 0.3) is 44.2 Å². The van der Waals surface area contributed by atoms with Crippen LogP contribution in [0, 0.1) is 5.92 Å². The van der Waals surface area contributed by atoms with Gasteiger partial charge in [0, 0.05) is 30.5 Å². The van der Waals surface area contributed by atoms with E-state index in [1.54, 1.807) is 18.3 Å². The number of aromatic amines is 2. The van der Waals surface area contributed by atoms with Crippen molar-refractivity contribution < 1.29 is 23.8 Å². The average Bonchev–Trinajstić information content (AvgIpc) is 3.90. The molecule has 0 spiro atoms. The molecule has 11 heteroatoms. The first kappa shape index (κ1) is 29.7. The van der Waals surface area contributed by atoms with Crippen LogP contribution in [-0.2, 0) is 20.9 Å². The molecule has 3 atom stereocenters. The van der Waals surface area contributed by atoms with Gasteiger partial charge in [0.15, 0.2) is 0 Å². The van der Waals surface area contributed by atoms with Gasteiger partial charge in [-0.2, -0.15) is 0 Å². The number of nitrogens with one attached hydrogen (secondary N) is 3. The molecule has 6 aromatic rings. The van der Waals surface area contributed by atoms with Crippen molar-refractivity contribution in [3.63, 3.8) is 0 Å². The molecule has 2 aliphatic rings. The van der Waals surface area contributed by atoms with E-state index in [0.29, 0.717) is 37.6 Å². The third-order valence-corrected chi connectivity index (χ3v) is 9.41. The highest BCUT2D eigenvalue weighted by Gasteiger charge is 2.41. The third kappa shape index (κ3) is 5.22. The van der Waals surface area contributed by atoms with Crippen LogP contribution in [0.2, 0.25) is 0 Å². The zero-order chi connectivity index (χ0) is 32.8. The summed E-state index contributed by atoms with van der Waals surface area (Å²) in [5.41, 5.74) is 7.66. The number of amides is 2. The van der Waals surface area contributed by atoms with Crippen LogP contribution in [0.3, 0.4) is 0 Å². The van der Waals surface area contributed by atoms with Gasteiger partial charge in [-0.05, 0) is 58.3 Å². The molecule has 2 amide bonds. The van der Waals surface area contributed by atoms with Crippen molar-refractivity contribution in [2.24, 2.45) is 5.92 Å². The Morgan fingerprint density at radius 3 is 2.75 bits per heavy atom. The van der Waals surface area contributed by atoms with Crippen molar-refractivity contribution in [1.82, 2.24) is 30.2 Å². The molecule has 0 aliphatic carbocycles. The number of carbonyl (C=O) groups is 2. The number of rotatable bonds is 7. The summed E-state index contributed by atoms with van der Waals surface area (Å²) in [6.45, 7) is 1.41. The lowest BCUT2D eigenvalue weighted by atomic mass is 9.92. The van der Waals surface area contributed by atoms with Crippen molar-refractivity contribution in [3.8, 4) is 28.1 Å². The largest absolute Gasteiger partial charge is 0.488 e. The van der Waals surface area contributed by atoms with Gasteiger partial charge in [0.05, 0.1) is 49.0 Å². The van der Waals surface area contributed by atoms with Crippen molar-refractivity contribution >= 4 is 33.8 Å². The molecule has 242 valence electrons. The summed E-state index contributed by atoms with van der Waals surface area (Å²) in [4.78, 5) is 44.2. The second-order valence-electron chi connectivity index (χ2n) is 12.3. The monoisotopic (exact) mass is 642 g/mol. The second-order valence-corrected chi connectivity index (χ2v) is 12.3. The fourth-order valence-corrected chi connectivity index (χ4v) is 7.10. The Morgan fingerprint density at radius 1 is 1.04 bits per heavy atom. The molecule has 11 nitrogen and oxygen atoms in total. The lowest BCUT2D eigenvalue weighted by Crippen LogP contribution is -2.43. The fraction of sp³-hybridized carbons (Fsp3) is 0.243. The van der Waals surface area contributed by atoms with Gasteiger partial charge in [-0.15, -0.1) is 0 Å². The minimum absolute atomic E-state index is 0.105. The lowest BCUT2D eigenvalue weighted by Gasteiger charge is -2.28. The number of aromatic nitrogens is 4. The van der Waals surface area contributed by atoms with Crippen molar-refractivity contribution in [1.29, 1.82) is 0 Å². The Bertz CT molecular complexity index is 2160. The number of hydrogen-bond acceptors (Lipinski definition) is 7. The number of imidazole rings is 2. The summed E-state index contributed by atoms with van der Waals surface area (Å²) in [6.07, 6.45) is 3.51. The molecular formula is C37H34N6O5. The molecule has 4 heterocycles. The first-order valence-electron chi connectivity index (χ1n) is 15.9. The smallest absolute Gasteiger partial charge is 0.407 e. The van der Waals surface area contributed by atoms with Crippen molar-refractivity contribution in [2.45, 2.75) is 25.1 Å². The van der Waals surface area contributed by atoms with Gasteiger partial charge >= 0.3 is 6.09 Å². The Kier molecular flexibility index (Phi) is 7.53. The molecule has 4 aromatic carbocycles. The molecule has 0 saturated carbocycles. The summed E-state index contributed by atoms with van der Waals surface area (Å²) in [7, 11) is 2.94. The molecule has 0 bridgehead atoms.